The van der Waals surface area contributed by atoms with Gasteiger partial charge in [0, 0.05) is 17.3 Å². The fourth-order valence-corrected chi connectivity index (χ4v) is 1.58. The van der Waals surface area contributed by atoms with Crippen molar-refractivity contribution in [3.63, 3.8) is 0 Å². The third-order valence-electron chi connectivity index (χ3n) is 2.20. The van der Waals surface area contributed by atoms with Crippen LogP contribution in [-0.2, 0) is 0 Å². The van der Waals surface area contributed by atoms with Crippen molar-refractivity contribution in [1.82, 2.24) is 4.98 Å². The predicted octanol–water partition coefficient (Wildman–Crippen LogP) is 3.80. The van der Waals surface area contributed by atoms with Gasteiger partial charge in [0.05, 0.1) is 6.61 Å². The zero-order valence-corrected chi connectivity index (χ0v) is 9.74. The van der Waals surface area contributed by atoms with Crippen molar-refractivity contribution >= 4 is 11.6 Å². The van der Waals surface area contributed by atoms with Gasteiger partial charge in [0.15, 0.2) is 0 Å². The first kappa shape index (κ1) is 11.0. The Kier molecular flexibility index (Phi) is 3.42. The smallest absolute Gasteiger partial charge is 0.213 e. The van der Waals surface area contributed by atoms with Gasteiger partial charge in [-0.05, 0) is 36.2 Å². The van der Waals surface area contributed by atoms with Gasteiger partial charge in [-0.15, -0.1) is 0 Å². The van der Waals surface area contributed by atoms with Crippen molar-refractivity contribution in [3.05, 3.63) is 47.6 Å². The Labute approximate surface area is 99.9 Å². The number of nitrogens with zero attached hydrogens (tertiary/aromatic N) is 1. The van der Waals surface area contributed by atoms with E-state index in [1.54, 1.807) is 6.20 Å². The minimum atomic E-state index is 0.622. The van der Waals surface area contributed by atoms with E-state index in [2.05, 4.69) is 4.98 Å². The molecule has 2 rings (SSSR count). The number of aromatic nitrogens is 1. The Balaban J connectivity index is 2.32. The molecule has 0 saturated heterocycles. The van der Waals surface area contributed by atoms with Gasteiger partial charge in [0.2, 0.25) is 5.88 Å². The van der Waals surface area contributed by atoms with Crippen LogP contribution < -0.4 is 4.74 Å². The van der Waals surface area contributed by atoms with Gasteiger partial charge in [-0.2, -0.15) is 0 Å². The van der Waals surface area contributed by atoms with Crippen molar-refractivity contribution < 1.29 is 4.74 Å². The fourth-order valence-electron chi connectivity index (χ4n) is 1.46. The summed E-state index contributed by atoms with van der Waals surface area (Å²) in [5.41, 5.74) is 2.18. The first-order valence-electron chi connectivity index (χ1n) is 5.14. The lowest BCUT2D eigenvalue weighted by Crippen LogP contribution is -1.93. The van der Waals surface area contributed by atoms with E-state index >= 15 is 0 Å². The molecule has 0 saturated carbocycles. The van der Waals surface area contributed by atoms with Gasteiger partial charge in [-0.3, -0.25) is 0 Å². The predicted molar refractivity (Wildman–Crippen MR) is 65.9 cm³/mol. The number of hydrogen-bond donors (Lipinski definition) is 0. The second kappa shape index (κ2) is 4.99. The summed E-state index contributed by atoms with van der Waals surface area (Å²) < 4.78 is 5.35. The Morgan fingerprint density at radius 1 is 1.12 bits per heavy atom. The Bertz CT molecular complexity index is 468. The second-order valence-corrected chi connectivity index (χ2v) is 3.76. The van der Waals surface area contributed by atoms with Crippen LogP contribution in [0.2, 0.25) is 5.02 Å². The summed E-state index contributed by atoms with van der Waals surface area (Å²) in [7, 11) is 0. The zero-order valence-electron chi connectivity index (χ0n) is 8.98. The summed E-state index contributed by atoms with van der Waals surface area (Å²) in [4.78, 5) is 4.12. The first-order valence-corrected chi connectivity index (χ1v) is 5.52. The summed E-state index contributed by atoms with van der Waals surface area (Å²) in [6.45, 7) is 2.56. The van der Waals surface area contributed by atoms with Gasteiger partial charge in [0.25, 0.3) is 0 Å². The SMILES string of the molecule is CCOc1cc(-c2ccc(Cl)cc2)ccn1. The molecule has 0 N–H and O–H groups in total. The largest absolute Gasteiger partial charge is 0.478 e. The average molecular weight is 234 g/mol. The molecule has 1 aromatic heterocycles. The Morgan fingerprint density at radius 2 is 1.88 bits per heavy atom. The summed E-state index contributed by atoms with van der Waals surface area (Å²) in [5, 5.41) is 0.739. The van der Waals surface area contributed by atoms with Gasteiger partial charge < -0.3 is 4.74 Å². The van der Waals surface area contributed by atoms with E-state index in [-0.39, 0.29) is 0 Å². The van der Waals surface area contributed by atoms with Crippen molar-refractivity contribution in [2.45, 2.75) is 6.92 Å². The number of pyridine rings is 1. The minimum Gasteiger partial charge on any atom is -0.478 e. The van der Waals surface area contributed by atoms with E-state index in [4.69, 9.17) is 16.3 Å². The van der Waals surface area contributed by atoms with Crippen LogP contribution in [0.3, 0.4) is 0 Å². The van der Waals surface area contributed by atoms with Gasteiger partial charge in [-0.25, -0.2) is 4.98 Å². The molecule has 0 amide bonds. The van der Waals surface area contributed by atoms with Crippen LogP contribution in [0.1, 0.15) is 6.92 Å². The van der Waals surface area contributed by atoms with Crippen molar-refractivity contribution in [2.75, 3.05) is 6.61 Å². The van der Waals surface area contributed by atoms with Crippen LogP contribution in [0, 0.1) is 0 Å². The van der Waals surface area contributed by atoms with Crippen molar-refractivity contribution in [3.8, 4) is 17.0 Å². The highest BCUT2D eigenvalue weighted by Crippen LogP contribution is 2.23. The molecule has 1 heterocycles. The standard InChI is InChI=1S/C13H12ClNO/c1-2-16-13-9-11(7-8-15-13)10-3-5-12(14)6-4-10/h3-9H,2H2,1H3. The highest BCUT2D eigenvalue weighted by atomic mass is 35.5. The lowest BCUT2D eigenvalue weighted by atomic mass is 10.1. The van der Waals surface area contributed by atoms with Crippen LogP contribution in [0.25, 0.3) is 11.1 Å². The first-order chi connectivity index (χ1) is 7.79. The zero-order chi connectivity index (χ0) is 11.4. The molecule has 1 aromatic carbocycles. The van der Waals surface area contributed by atoms with E-state index in [9.17, 15) is 0 Å². The summed E-state index contributed by atoms with van der Waals surface area (Å²) in [6, 6.07) is 11.6. The molecule has 82 valence electrons. The van der Waals surface area contributed by atoms with Crippen molar-refractivity contribution in [2.24, 2.45) is 0 Å². The molecule has 0 unspecified atom stereocenters. The number of hydrogen-bond acceptors (Lipinski definition) is 2. The normalized spacial score (nSPS) is 10.1. The molecule has 2 aromatic rings. The molecule has 0 radical (unpaired) electrons. The number of ether oxygens (including phenoxy) is 1. The summed E-state index contributed by atoms with van der Waals surface area (Å²) >= 11 is 5.84. The molecule has 0 aliphatic heterocycles. The molecule has 3 heteroatoms. The molecule has 2 nitrogen and oxygen atoms in total. The highest BCUT2D eigenvalue weighted by Gasteiger charge is 2.00. The number of rotatable bonds is 3. The number of benzene rings is 1. The average Bonchev–Trinajstić information content (AvgIpc) is 2.31. The second-order valence-electron chi connectivity index (χ2n) is 3.32. The quantitative estimate of drug-likeness (QED) is 0.805. The molecule has 0 bridgehead atoms. The maximum absolute atomic E-state index is 5.84. The molecule has 0 aliphatic carbocycles. The Hall–Kier alpha value is -1.54. The molecule has 0 atom stereocenters. The van der Waals surface area contributed by atoms with E-state index in [1.165, 1.54) is 0 Å². The monoisotopic (exact) mass is 233 g/mol. The van der Waals surface area contributed by atoms with Crippen molar-refractivity contribution in [1.29, 1.82) is 0 Å². The number of halogens is 1. The van der Waals surface area contributed by atoms with Crippen LogP contribution in [-0.4, -0.2) is 11.6 Å². The Morgan fingerprint density at radius 3 is 2.56 bits per heavy atom. The third-order valence-corrected chi connectivity index (χ3v) is 2.46. The van der Waals surface area contributed by atoms with Gasteiger partial charge in [0.1, 0.15) is 0 Å². The fraction of sp³-hybridized carbons (Fsp3) is 0.154. The maximum Gasteiger partial charge on any atom is 0.213 e. The summed E-state index contributed by atoms with van der Waals surface area (Å²) in [6.07, 6.45) is 1.74. The minimum absolute atomic E-state index is 0.622. The summed E-state index contributed by atoms with van der Waals surface area (Å²) in [5.74, 6) is 0.648. The molecule has 0 fully saturated rings. The topological polar surface area (TPSA) is 22.1 Å². The molecular formula is C13H12ClNO. The van der Waals surface area contributed by atoms with Gasteiger partial charge in [-0.1, -0.05) is 23.7 Å². The lowest BCUT2D eigenvalue weighted by molar-refractivity contribution is 0.327. The van der Waals surface area contributed by atoms with E-state index in [0.717, 1.165) is 16.1 Å². The maximum atomic E-state index is 5.84. The van der Waals surface area contributed by atoms with E-state index in [1.807, 2.05) is 43.3 Å². The molecule has 16 heavy (non-hydrogen) atoms. The molecule has 0 aliphatic rings. The van der Waals surface area contributed by atoms with E-state index in [0.29, 0.717) is 12.5 Å². The third kappa shape index (κ3) is 2.52. The highest BCUT2D eigenvalue weighted by molar-refractivity contribution is 6.30. The molecule has 0 spiro atoms. The van der Waals surface area contributed by atoms with Crippen LogP contribution >= 0.6 is 11.6 Å². The lowest BCUT2D eigenvalue weighted by Gasteiger charge is -2.05. The van der Waals surface area contributed by atoms with Gasteiger partial charge >= 0.3 is 0 Å². The van der Waals surface area contributed by atoms with Crippen LogP contribution in [0.5, 0.6) is 5.88 Å². The van der Waals surface area contributed by atoms with Crippen LogP contribution in [0.15, 0.2) is 42.6 Å². The van der Waals surface area contributed by atoms with Crippen LogP contribution in [0.4, 0.5) is 0 Å². The molecular weight excluding hydrogens is 222 g/mol. The van der Waals surface area contributed by atoms with E-state index < -0.39 is 0 Å².